The molecule has 100 valence electrons. The van der Waals surface area contributed by atoms with Crippen LogP contribution in [0.25, 0.3) is 0 Å². The first-order chi connectivity index (χ1) is 8.63. The highest BCUT2D eigenvalue weighted by molar-refractivity contribution is 5.79. The Labute approximate surface area is 110 Å². The van der Waals surface area contributed by atoms with Gasteiger partial charge in [0, 0.05) is 12.1 Å². The van der Waals surface area contributed by atoms with Gasteiger partial charge in [0.25, 0.3) is 0 Å². The fraction of sp³-hybridized carbons (Fsp3) is 0.533. The molecule has 3 heteroatoms. The van der Waals surface area contributed by atoms with E-state index in [4.69, 9.17) is 4.74 Å². The molecule has 0 fully saturated rings. The summed E-state index contributed by atoms with van der Waals surface area (Å²) in [5, 5.41) is 2.94. The fourth-order valence-electron chi connectivity index (χ4n) is 1.82. The Morgan fingerprint density at radius 1 is 1.33 bits per heavy atom. The Hall–Kier alpha value is -1.51. The number of benzene rings is 1. The van der Waals surface area contributed by atoms with E-state index in [1.54, 1.807) is 7.11 Å². The molecule has 0 saturated carbocycles. The minimum absolute atomic E-state index is 0.0586. The van der Waals surface area contributed by atoms with Gasteiger partial charge < -0.3 is 10.1 Å². The van der Waals surface area contributed by atoms with Gasteiger partial charge in [0.1, 0.15) is 5.75 Å². The van der Waals surface area contributed by atoms with Crippen LogP contribution in [0.3, 0.4) is 0 Å². The number of carbonyl (C=O) groups excluding carboxylic acids is 1. The summed E-state index contributed by atoms with van der Waals surface area (Å²) in [4.78, 5) is 11.8. The van der Waals surface area contributed by atoms with Crippen molar-refractivity contribution in [2.75, 3.05) is 13.7 Å². The van der Waals surface area contributed by atoms with Crippen molar-refractivity contribution in [3.63, 3.8) is 0 Å². The minimum Gasteiger partial charge on any atom is -0.496 e. The second kappa shape index (κ2) is 7.75. The zero-order valence-electron chi connectivity index (χ0n) is 11.5. The van der Waals surface area contributed by atoms with Gasteiger partial charge in [-0.2, -0.15) is 0 Å². The largest absolute Gasteiger partial charge is 0.496 e. The number of ether oxygens (including phenoxy) is 1. The Morgan fingerprint density at radius 2 is 2.06 bits per heavy atom. The number of para-hydroxylation sites is 1. The lowest BCUT2D eigenvalue weighted by Crippen LogP contribution is -2.26. The van der Waals surface area contributed by atoms with Crippen LogP contribution in [0.1, 0.15) is 32.3 Å². The lowest BCUT2D eigenvalue weighted by Gasteiger charge is -2.09. The van der Waals surface area contributed by atoms with E-state index in [-0.39, 0.29) is 5.91 Å². The summed E-state index contributed by atoms with van der Waals surface area (Å²) in [5.41, 5.74) is 0.932. The summed E-state index contributed by atoms with van der Waals surface area (Å²) < 4.78 is 5.22. The van der Waals surface area contributed by atoms with Gasteiger partial charge in [-0.25, -0.2) is 0 Å². The lowest BCUT2D eigenvalue weighted by molar-refractivity contribution is -0.120. The van der Waals surface area contributed by atoms with Crippen LogP contribution >= 0.6 is 0 Å². The van der Waals surface area contributed by atoms with Crippen LogP contribution in [-0.4, -0.2) is 19.6 Å². The smallest absolute Gasteiger partial charge is 0.224 e. The average Bonchev–Trinajstić information content (AvgIpc) is 2.35. The Balaban J connectivity index is 2.35. The Kier molecular flexibility index (Phi) is 6.26. The van der Waals surface area contributed by atoms with Gasteiger partial charge in [-0.15, -0.1) is 0 Å². The van der Waals surface area contributed by atoms with Gasteiger partial charge in [-0.1, -0.05) is 32.0 Å². The van der Waals surface area contributed by atoms with Gasteiger partial charge in [-0.3, -0.25) is 4.79 Å². The number of carbonyl (C=O) groups is 1. The molecule has 0 heterocycles. The molecule has 0 aliphatic heterocycles. The first-order valence-electron chi connectivity index (χ1n) is 6.52. The number of amides is 1. The molecule has 1 amide bonds. The van der Waals surface area contributed by atoms with Crippen molar-refractivity contribution >= 4 is 5.91 Å². The van der Waals surface area contributed by atoms with E-state index in [0.717, 1.165) is 30.7 Å². The third-order valence-corrected chi connectivity index (χ3v) is 2.82. The first kappa shape index (κ1) is 14.6. The van der Waals surface area contributed by atoms with Gasteiger partial charge in [0.15, 0.2) is 0 Å². The van der Waals surface area contributed by atoms with Gasteiger partial charge in [0.2, 0.25) is 5.91 Å². The molecule has 1 rings (SSSR count). The van der Waals surface area contributed by atoms with Crippen LogP contribution in [0.2, 0.25) is 0 Å². The minimum atomic E-state index is 0.0586. The van der Waals surface area contributed by atoms with Crippen molar-refractivity contribution in [2.24, 2.45) is 5.92 Å². The molecule has 0 unspecified atom stereocenters. The normalized spacial score (nSPS) is 10.4. The summed E-state index contributed by atoms with van der Waals surface area (Å²) in [5.74, 6) is 1.52. The van der Waals surface area contributed by atoms with Crippen LogP contribution in [-0.2, 0) is 11.2 Å². The molecule has 18 heavy (non-hydrogen) atoms. The molecule has 1 N–H and O–H groups in total. The summed E-state index contributed by atoms with van der Waals surface area (Å²) in [6.45, 7) is 5.14. The van der Waals surface area contributed by atoms with E-state index in [9.17, 15) is 4.79 Å². The van der Waals surface area contributed by atoms with Crippen molar-refractivity contribution in [2.45, 2.75) is 33.1 Å². The van der Waals surface area contributed by atoms with Crippen LogP contribution in [0, 0.1) is 5.92 Å². The molecule has 3 nitrogen and oxygen atoms in total. The maximum absolute atomic E-state index is 11.8. The SMILES string of the molecule is COc1ccccc1CC(=O)NCCCC(C)C. The average molecular weight is 249 g/mol. The van der Waals surface area contributed by atoms with E-state index < -0.39 is 0 Å². The van der Waals surface area contributed by atoms with Crippen LogP contribution in [0.15, 0.2) is 24.3 Å². The zero-order valence-corrected chi connectivity index (χ0v) is 11.5. The first-order valence-corrected chi connectivity index (χ1v) is 6.52. The second-order valence-corrected chi connectivity index (χ2v) is 4.87. The molecule has 0 atom stereocenters. The molecular weight excluding hydrogens is 226 g/mol. The molecule has 0 aromatic heterocycles. The number of methoxy groups -OCH3 is 1. The summed E-state index contributed by atoms with van der Waals surface area (Å²) in [6, 6.07) is 7.63. The Morgan fingerprint density at radius 3 is 2.72 bits per heavy atom. The lowest BCUT2D eigenvalue weighted by atomic mass is 10.1. The summed E-state index contributed by atoms with van der Waals surface area (Å²) >= 11 is 0. The van der Waals surface area contributed by atoms with Crippen LogP contribution in [0.5, 0.6) is 5.75 Å². The number of hydrogen-bond acceptors (Lipinski definition) is 2. The standard InChI is InChI=1S/C15H23NO2/c1-12(2)7-6-10-16-15(17)11-13-8-4-5-9-14(13)18-3/h4-5,8-9,12H,6-7,10-11H2,1-3H3,(H,16,17). The summed E-state index contributed by atoms with van der Waals surface area (Å²) in [6.07, 6.45) is 2.57. The molecule has 0 bridgehead atoms. The maximum atomic E-state index is 11.8. The molecule has 1 aromatic carbocycles. The van der Waals surface area contributed by atoms with Crippen molar-refractivity contribution in [1.82, 2.24) is 5.32 Å². The van der Waals surface area contributed by atoms with E-state index in [2.05, 4.69) is 19.2 Å². The second-order valence-electron chi connectivity index (χ2n) is 4.87. The number of nitrogens with one attached hydrogen (secondary N) is 1. The van der Waals surface area contributed by atoms with E-state index in [1.807, 2.05) is 24.3 Å². The van der Waals surface area contributed by atoms with Crippen LogP contribution < -0.4 is 10.1 Å². The van der Waals surface area contributed by atoms with Crippen LogP contribution in [0.4, 0.5) is 0 Å². The molecule has 0 radical (unpaired) electrons. The summed E-state index contributed by atoms with van der Waals surface area (Å²) in [7, 11) is 1.62. The highest BCUT2D eigenvalue weighted by Crippen LogP contribution is 2.17. The van der Waals surface area contributed by atoms with E-state index in [0.29, 0.717) is 12.3 Å². The van der Waals surface area contributed by atoms with Crippen molar-refractivity contribution < 1.29 is 9.53 Å². The van der Waals surface area contributed by atoms with Gasteiger partial charge >= 0.3 is 0 Å². The van der Waals surface area contributed by atoms with Crippen molar-refractivity contribution in [3.05, 3.63) is 29.8 Å². The van der Waals surface area contributed by atoms with Crippen molar-refractivity contribution in [3.8, 4) is 5.75 Å². The molecule has 1 aromatic rings. The molecule has 0 spiro atoms. The maximum Gasteiger partial charge on any atom is 0.224 e. The third kappa shape index (κ3) is 5.21. The fourth-order valence-corrected chi connectivity index (χ4v) is 1.82. The molecular formula is C15H23NO2. The molecule has 0 saturated heterocycles. The highest BCUT2D eigenvalue weighted by atomic mass is 16.5. The highest BCUT2D eigenvalue weighted by Gasteiger charge is 2.07. The third-order valence-electron chi connectivity index (χ3n) is 2.82. The monoisotopic (exact) mass is 249 g/mol. The molecule has 0 aliphatic rings. The van der Waals surface area contributed by atoms with E-state index in [1.165, 1.54) is 0 Å². The topological polar surface area (TPSA) is 38.3 Å². The quantitative estimate of drug-likeness (QED) is 0.755. The Bertz CT molecular complexity index is 375. The van der Waals surface area contributed by atoms with Crippen molar-refractivity contribution in [1.29, 1.82) is 0 Å². The zero-order chi connectivity index (χ0) is 13.4. The van der Waals surface area contributed by atoms with E-state index >= 15 is 0 Å². The number of rotatable bonds is 7. The number of hydrogen-bond donors (Lipinski definition) is 1. The predicted molar refractivity (Wildman–Crippen MR) is 73.8 cm³/mol. The molecule has 0 aliphatic carbocycles. The van der Waals surface area contributed by atoms with Gasteiger partial charge in [0.05, 0.1) is 13.5 Å². The van der Waals surface area contributed by atoms with Gasteiger partial charge in [-0.05, 0) is 24.8 Å². The predicted octanol–water partition coefficient (Wildman–Crippen LogP) is 2.79.